The lowest BCUT2D eigenvalue weighted by Crippen LogP contribution is -2.05. The summed E-state index contributed by atoms with van der Waals surface area (Å²) in [6.45, 7) is 1.98. The molecule has 3 aromatic rings. The first kappa shape index (κ1) is 13.4. The van der Waals surface area contributed by atoms with Crippen molar-refractivity contribution in [2.75, 3.05) is 10.6 Å². The molecule has 1 aromatic carbocycles. The predicted octanol–water partition coefficient (Wildman–Crippen LogP) is 3.38. The number of furan rings is 1. The van der Waals surface area contributed by atoms with Gasteiger partial charge >= 0.3 is 0 Å². The van der Waals surface area contributed by atoms with Crippen LogP contribution < -0.4 is 10.6 Å². The third-order valence-electron chi connectivity index (χ3n) is 3.76. The Balaban J connectivity index is 1.62. The van der Waals surface area contributed by atoms with Crippen LogP contribution in [0, 0.1) is 6.92 Å². The summed E-state index contributed by atoms with van der Waals surface area (Å²) in [5.41, 5.74) is 4.17. The number of H-pyrrole nitrogens is 1. The van der Waals surface area contributed by atoms with Crippen molar-refractivity contribution in [1.29, 1.82) is 0 Å². The molecule has 0 atom stereocenters. The molecule has 114 valence electrons. The van der Waals surface area contributed by atoms with E-state index < -0.39 is 0 Å². The molecule has 1 aliphatic rings. The minimum absolute atomic E-state index is 0.122. The molecule has 0 bridgehead atoms. The molecule has 0 aliphatic carbocycles. The molecule has 23 heavy (non-hydrogen) atoms. The van der Waals surface area contributed by atoms with Gasteiger partial charge in [-0.05, 0) is 30.7 Å². The van der Waals surface area contributed by atoms with Crippen LogP contribution in [0.15, 0.2) is 53.3 Å². The zero-order chi connectivity index (χ0) is 15.8. The number of nitrogens with zero attached hydrogens (tertiary/aromatic N) is 1. The molecule has 0 spiro atoms. The number of aromatic amines is 1. The number of amides is 1. The van der Waals surface area contributed by atoms with E-state index in [4.69, 9.17) is 4.42 Å². The van der Waals surface area contributed by atoms with E-state index in [2.05, 4.69) is 20.8 Å². The predicted molar refractivity (Wildman–Crippen MR) is 87.7 cm³/mol. The van der Waals surface area contributed by atoms with E-state index >= 15 is 0 Å². The Kier molecular flexibility index (Phi) is 3.01. The fourth-order valence-electron chi connectivity index (χ4n) is 2.67. The number of rotatable bonds is 3. The lowest BCUT2D eigenvalue weighted by molar-refractivity contribution is -0.110. The molecule has 3 N–H and O–H groups in total. The minimum Gasteiger partial charge on any atom is -0.463 e. The molecule has 6 nitrogen and oxygen atoms in total. The minimum atomic E-state index is -0.122. The molecule has 0 saturated carbocycles. The number of anilines is 2. The topological polar surface area (TPSA) is 83.0 Å². The second-order valence-electron chi connectivity index (χ2n) is 5.30. The molecular weight excluding hydrogens is 292 g/mol. The van der Waals surface area contributed by atoms with Crippen LogP contribution in [-0.4, -0.2) is 16.1 Å². The van der Waals surface area contributed by atoms with Gasteiger partial charge < -0.3 is 15.1 Å². The van der Waals surface area contributed by atoms with Gasteiger partial charge in [0, 0.05) is 23.5 Å². The third-order valence-corrected chi connectivity index (χ3v) is 3.76. The molecule has 4 rings (SSSR count). The Morgan fingerprint density at radius 2 is 2.17 bits per heavy atom. The van der Waals surface area contributed by atoms with Crippen LogP contribution in [0.2, 0.25) is 0 Å². The monoisotopic (exact) mass is 306 g/mol. The van der Waals surface area contributed by atoms with Crippen LogP contribution in [0.3, 0.4) is 0 Å². The van der Waals surface area contributed by atoms with Gasteiger partial charge in [0.05, 0.1) is 11.8 Å². The van der Waals surface area contributed by atoms with E-state index in [9.17, 15) is 4.79 Å². The van der Waals surface area contributed by atoms with Crippen LogP contribution >= 0.6 is 0 Å². The maximum atomic E-state index is 12.1. The Hall–Kier alpha value is -3.28. The summed E-state index contributed by atoms with van der Waals surface area (Å²) >= 11 is 0. The summed E-state index contributed by atoms with van der Waals surface area (Å²) in [5.74, 6) is 1.19. The van der Waals surface area contributed by atoms with Gasteiger partial charge in [-0.2, -0.15) is 5.10 Å². The number of aryl methyl sites for hydroxylation is 1. The summed E-state index contributed by atoms with van der Waals surface area (Å²) < 4.78 is 5.31. The van der Waals surface area contributed by atoms with Crippen LogP contribution in [0.25, 0.3) is 17.0 Å². The van der Waals surface area contributed by atoms with Crippen molar-refractivity contribution >= 4 is 23.0 Å². The summed E-state index contributed by atoms with van der Waals surface area (Å²) in [4.78, 5) is 12.1. The maximum Gasteiger partial charge on any atom is 0.257 e. The van der Waals surface area contributed by atoms with Crippen LogP contribution in [0.1, 0.15) is 11.1 Å². The normalized spacial score (nSPS) is 14.8. The van der Waals surface area contributed by atoms with E-state index in [-0.39, 0.29) is 5.91 Å². The number of nitrogens with one attached hydrogen (secondary N) is 3. The Morgan fingerprint density at radius 1 is 1.26 bits per heavy atom. The van der Waals surface area contributed by atoms with Gasteiger partial charge in [-0.25, -0.2) is 0 Å². The molecule has 0 fully saturated rings. The number of carbonyl (C=O) groups is 1. The fourth-order valence-corrected chi connectivity index (χ4v) is 2.67. The van der Waals surface area contributed by atoms with Gasteiger partial charge in [-0.1, -0.05) is 12.1 Å². The van der Waals surface area contributed by atoms with Gasteiger partial charge in [0.1, 0.15) is 5.69 Å². The Morgan fingerprint density at radius 3 is 3.00 bits per heavy atom. The van der Waals surface area contributed by atoms with E-state index in [1.54, 1.807) is 12.5 Å². The summed E-state index contributed by atoms with van der Waals surface area (Å²) in [7, 11) is 0. The highest BCUT2D eigenvalue weighted by atomic mass is 16.3. The standard InChI is InChI=1S/C17H14N4O2/c1-10-4-2-5-12-16(10)11(17(22)19-12)9-18-15-8-13(20-21-15)14-6-3-7-23-14/h2-9H,1H3,(H,19,22)(H2,18,20,21)/b11-9+. The van der Waals surface area contributed by atoms with E-state index in [1.807, 2.05) is 43.3 Å². The van der Waals surface area contributed by atoms with Crippen molar-refractivity contribution < 1.29 is 9.21 Å². The van der Waals surface area contributed by atoms with Crippen molar-refractivity contribution in [2.24, 2.45) is 0 Å². The molecule has 2 aromatic heterocycles. The highest BCUT2D eigenvalue weighted by Crippen LogP contribution is 2.34. The van der Waals surface area contributed by atoms with E-state index in [1.165, 1.54) is 0 Å². The smallest absolute Gasteiger partial charge is 0.257 e. The number of hydrogen-bond donors (Lipinski definition) is 3. The molecule has 3 heterocycles. The number of benzene rings is 1. The Labute approximate surface area is 132 Å². The van der Waals surface area contributed by atoms with Gasteiger partial charge in [-0.15, -0.1) is 0 Å². The molecule has 0 unspecified atom stereocenters. The molecule has 0 radical (unpaired) electrons. The average Bonchev–Trinajstić information content (AvgIpc) is 3.25. The zero-order valence-electron chi connectivity index (χ0n) is 12.4. The Bertz CT molecular complexity index is 907. The third kappa shape index (κ3) is 2.30. The van der Waals surface area contributed by atoms with Crippen molar-refractivity contribution in [3.8, 4) is 11.5 Å². The summed E-state index contributed by atoms with van der Waals surface area (Å²) in [5, 5.41) is 13.0. The van der Waals surface area contributed by atoms with Crippen LogP contribution in [0.5, 0.6) is 0 Å². The quantitative estimate of drug-likeness (QED) is 0.648. The second-order valence-corrected chi connectivity index (χ2v) is 5.30. The highest BCUT2D eigenvalue weighted by molar-refractivity contribution is 6.32. The van der Waals surface area contributed by atoms with Crippen molar-refractivity contribution in [2.45, 2.75) is 6.92 Å². The molecule has 0 saturated heterocycles. The van der Waals surface area contributed by atoms with E-state index in [0.717, 1.165) is 22.5 Å². The SMILES string of the molecule is Cc1cccc2c1/C(=C\Nc1cc(-c3ccco3)[nH]n1)C(=O)N2. The summed E-state index contributed by atoms with van der Waals surface area (Å²) in [6, 6.07) is 11.3. The second kappa shape index (κ2) is 5.17. The number of fused-ring (bicyclic) bond motifs is 1. The molecule has 1 amide bonds. The first-order valence-electron chi connectivity index (χ1n) is 7.20. The average molecular weight is 306 g/mol. The van der Waals surface area contributed by atoms with Crippen molar-refractivity contribution in [3.05, 3.63) is 60.0 Å². The highest BCUT2D eigenvalue weighted by Gasteiger charge is 2.25. The number of carbonyl (C=O) groups excluding carboxylic acids is 1. The van der Waals surface area contributed by atoms with Crippen LogP contribution in [0.4, 0.5) is 11.5 Å². The number of aromatic nitrogens is 2. The van der Waals surface area contributed by atoms with Gasteiger partial charge in [0.15, 0.2) is 11.6 Å². The van der Waals surface area contributed by atoms with Crippen molar-refractivity contribution in [3.63, 3.8) is 0 Å². The molecule has 1 aliphatic heterocycles. The molecular formula is C17H14N4O2. The largest absolute Gasteiger partial charge is 0.463 e. The first-order valence-corrected chi connectivity index (χ1v) is 7.20. The van der Waals surface area contributed by atoms with Gasteiger partial charge in [0.25, 0.3) is 5.91 Å². The lowest BCUT2D eigenvalue weighted by atomic mass is 10.0. The first-order chi connectivity index (χ1) is 11.2. The van der Waals surface area contributed by atoms with Gasteiger partial charge in [-0.3, -0.25) is 9.89 Å². The lowest BCUT2D eigenvalue weighted by Gasteiger charge is -2.03. The fraction of sp³-hybridized carbons (Fsp3) is 0.0588. The zero-order valence-corrected chi connectivity index (χ0v) is 12.4. The number of hydrogen-bond acceptors (Lipinski definition) is 4. The molecule has 6 heteroatoms. The summed E-state index contributed by atoms with van der Waals surface area (Å²) in [6.07, 6.45) is 3.28. The van der Waals surface area contributed by atoms with Gasteiger partial charge in [0.2, 0.25) is 0 Å². The maximum absolute atomic E-state index is 12.1. The van der Waals surface area contributed by atoms with E-state index in [0.29, 0.717) is 17.2 Å². The van der Waals surface area contributed by atoms with Crippen LogP contribution in [-0.2, 0) is 4.79 Å². The van der Waals surface area contributed by atoms with Crippen molar-refractivity contribution in [1.82, 2.24) is 10.2 Å².